The molecule has 23 heavy (non-hydrogen) atoms. The number of benzene rings is 1. The number of halogens is 1. The van der Waals surface area contributed by atoms with Crippen molar-refractivity contribution in [3.8, 4) is 0 Å². The van der Waals surface area contributed by atoms with E-state index in [1.165, 1.54) is 12.1 Å². The molecule has 3 rings (SSSR count). The maximum absolute atomic E-state index is 13.3. The molecule has 3 nitrogen and oxygen atoms in total. The predicted octanol–water partition coefficient (Wildman–Crippen LogP) is 3.22. The first-order valence-electron chi connectivity index (χ1n) is 8.44. The van der Waals surface area contributed by atoms with Crippen LogP contribution in [0.3, 0.4) is 0 Å². The lowest BCUT2D eigenvalue weighted by Gasteiger charge is -2.36. The molecule has 0 aromatic heterocycles. The fourth-order valence-electron chi connectivity index (χ4n) is 3.51. The van der Waals surface area contributed by atoms with E-state index in [0.717, 1.165) is 62.2 Å². The minimum atomic E-state index is -0.237. The summed E-state index contributed by atoms with van der Waals surface area (Å²) in [5.41, 5.74) is 3.19. The minimum absolute atomic E-state index is 0.168. The quantitative estimate of drug-likeness (QED) is 0.908. The zero-order valence-corrected chi connectivity index (χ0v) is 14.0. The molecule has 124 valence electrons. The summed E-state index contributed by atoms with van der Waals surface area (Å²) < 4.78 is 13.3. The molecule has 0 bridgehead atoms. The SMILES string of the molecule is CC1(C)CCC(C(=O)N2CCNCC2)=C(c2ccc(F)cc2)C1. The lowest BCUT2D eigenvalue weighted by molar-refractivity contribution is -0.127. The van der Waals surface area contributed by atoms with Crippen LogP contribution in [0.25, 0.3) is 5.57 Å². The number of piperazine rings is 1. The third-order valence-electron chi connectivity index (χ3n) is 4.93. The van der Waals surface area contributed by atoms with E-state index in [-0.39, 0.29) is 17.1 Å². The molecule has 1 aliphatic carbocycles. The number of hydrogen-bond acceptors (Lipinski definition) is 2. The Morgan fingerprint density at radius 1 is 1.17 bits per heavy atom. The summed E-state index contributed by atoms with van der Waals surface area (Å²) >= 11 is 0. The molecule has 0 unspecified atom stereocenters. The van der Waals surface area contributed by atoms with E-state index in [4.69, 9.17) is 0 Å². The Morgan fingerprint density at radius 2 is 1.83 bits per heavy atom. The van der Waals surface area contributed by atoms with Gasteiger partial charge in [-0.05, 0) is 47.9 Å². The van der Waals surface area contributed by atoms with Gasteiger partial charge in [0.05, 0.1) is 0 Å². The number of nitrogens with zero attached hydrogens (tertiary/aromatic N) is 1. The van der Waals surface area contributed by atoms with E-state index >= 15 is 0 Å². The second-order valence-electron chi connectivity index (χ2n) is 7.35. The van der Waals surface area contributed by atoms with Crippen LogP contribution in [0.5, 0.6) is 0 Å². The van der Waals surface area contributed by atoms with Crippen molar-refractivity contribution in [2.24, 2.45) is 5.41 Å². The normalized spacial score (nSPS) is 21.4. The summed E-state index contributed by atoms with van der Waals surface area (Å²) in [7, 11) is 0. The van der Waals surface area contributed by atoms with Crippen molar-refractivity contribution in [2.45, 2.75) is 33.1 Å². The summed E-state index contributed by atoms with van der Waals surface area (Å²) in [6.45, 7) is 7.73. The van der Waals surface area contributed by atoms with Crippen LogP contribution < -0.4 is 5.32 Å². The Kier molecular flexibility index (Phi) is 4.53. The van der Waals surface area contributed by atoms with Gasteiger partial charge in [0.25, 0.3) is 0 Å². The molecule has 1 aromatic carbocycles. The molecule has 0 spiro atoms. The Bertz CT molecular complexity index is 613. The second-order valence-corrected chi connectivity index (χ2v) is 7.35. The van der Waals surface area contributed by atoms with E-state index < -0.39 is 0 Å². The number of rotatable bonds is 2. The Labute approximate surface area is 137 Å². The van der Waals surface area contributed by atoms with Crippen LogP contribution in [0.1, 0.15) is 38.7 Å². The molecule has 1 fully saturated rings. The smallest absolute Gasteiger partial charge is 0.250 e. The van der Waals surface area contributed by atoms with Crippen LogP contribution in [0, 0.1) is 11.2 Å². The van der Waals surface area contributed by atoms with Crippen LogP contribution in [0.2, 0.25) is 0 Å². The molecular weight excluding hydrogens is 291 g/mol. The van der Waals surface area contributed by atoms with Crippen molar-refractivity contribution in [3.05, 3.63) is 41.2 Å². The highest BCUT2D eigenvalue weighted by atomic mass is 19.1. The van der Waals surface area contributed by atoms with Crippen LogP contribution >= 0.6 is 0 Å². The maximum atomic E-state index is 13.3. The van der Waals surface area contributed by atoms with Gasteiger partial charge in [-0.15, -0.1) is 0 Å². The van der Waals surface area contributed by atoms with E-state index in [9.17, 15) is 9.18 Å². The third-order valence-corrected chi connectivity index (χ3v) is 4.93. The van der Waals surface area contributed by atoms with E-state index in [0.29, 0.717) is 0 Å². The molecule has 1 saturated heterocycles. The first-order valence-corrected chi connectivity index (χ1v) is 8.44. The maximum Gasteiger partial charge on any atom is 0.250 e. The topological polar surface area (TPSA) is 32.3 Å². The number of amides is 1. The zero-order valence-electron chi connectivity index (χ0n) is 14.0. The summed E-state index contributed by atoms with van der Waals surface area (Å²) in [6.07, 6.45) is 2.69. The summed E-state index contributed by atoms with van der Waals surface area (Å²) in [6, 6.07) is 6.57. The van der Waals surface area contributed by atoms with Crippen molar-refractivity contribution in [1.82, 2.24) is 10.2 Å². The average Bonchev–Trinajstić information content (AvgIpc) is 2.55. The van der Waals surface area contributed by atoms with Gasteiger partial charge < -0.3 is 10.2 Å². The second kappa shape index (κ2) is 6.44. The number of carbonyl (C=O) groups is 1. The van der Waals surface area contributed by atoms with Gasteiger partial charge in [-0.1, -0.05) is 26.0 Å². The Hall–Kier alpha value is -1.68. The average molecular weight is 316 g/mol. The van der Waals surface area contributed by atoms with Crippen LogP contribution in [-0.2, 0) is 4.79 Å². The summed E-state index contributed by atoms with van der Waals surface area (Å²) in [4.78, 5) is 14.9. The standard InChI is InChI=1S/C19H25FN2O/c1-19(2)8-7-16(18(23)22-11-9-21-10-12-22)17(13-19)14-3-5-15(20)6-4-14/h3-6,21H,7-13H2,1-2H3. The molecule has 1 N–H and O–H groups in total. The van der Waals surface area contributed by atoms with Gasteiger partial charge in [-0.3, -0.25) is 4.79 Å². The molecule has 4 heteroatoms. The molecular formula is C19H25FN2O. The van der Waals surface area contributed by atoms with Gasteiger partial charge in [0.15, 0.2) is 0 Å². The van der Waals surface area contributed by atoms with Crippen molar-refractivity contribution in [1.29, 1.82) is 0 Å². The highest BCUT2D eigenvalue weighted by Crippen LogP contribution is 2.43. The van der Waals surface area contributed by atoms with Gasteiger partial charge in [-0.2, -0.15) is 0 Å². The molecule has 1 aromatic rings. The molecule has 0 atom stereocenters. The first-order chi connectivity index (χ1) is 11.0. The number of allylic oxidation sites excluding steroid dienone is 1. The third kappa shape index (κ3) is 3.63. The van der Waals surface area contributed by atoms with Gasteiger partial charge in [0, 0.05) is 31.8 Å². The molecule has 0 saturated carbocycles. The number of nitrogens with one attached hydrogen (secondary N) is 1. The van der Waals surface area contributed by atoms with Crippen LogP contribution in [0.15, 0.2) is 29.8 Å². The van der Waals surface area contributed by atoms with Gasteiger partial charge in [0.2, 0.25) is 5.91 Å². The van der Waals surface area contributed by atoms with E-state index in [1.807, 2.05) is 4.90 Å². The summed E-state index contributed by atoms with van der Waals surface area (Å²) in [5.74, 6) is -0.0688. The first kappa shape index (κ1) is 16.2. The number of hydrogen-bond donors (Lipinski definition) is 1. The highest BCUT2D eigenvalue weighted by Gasteiger charge is 2.32. The van der Waals surface area contributed by atoms with Crippen LogP contribution in [-0.4, -0.2) is 37.0 Å². The molecule has 1 heterocycles. The van der Waals surface area contributed by atoms with Gasteiger partial charge in [0.1, 0.15) is 5.82 Å². The van der Waals surface area contributed by atoms with Crippen molar-refractivity contribution in [2.75, 3.05) is 26.2 Å². The molecule has 0 radical (unpaired) electrons. The predicted molar refractivity (Wildman–Crippen MR) is 90.4 cm³/mol. The van der Waals surface area contributed by atoms with Crippen molar-refractivity contribution in [3.63, 3.8) is 0 Å². The van der Waals surface area contributed by atoms with Crippen molar-refractivity contribution >= 4 is 11.5 Å². The lowest BCUT2D eigenvalue weighted by Crippen LogP contribution is -2.47. The van der Waals surface area contributed by atoms with Crippen LogP contribution in [0.4, 0.5) is 4.39 Å². The zero-order chi connectivity index (χ0) is 16.4. The van der Waals surface area contributed by atoms with Crippen molar-refractivity contribution < 1.29 is 9.18 Å². The fraction of sp³-hybridized carbons (Fsp3) is 0.526. The number of carbonyl (C=O) groups excluding carboxylic acids is 1. The molecule has 1 aliphatic heterocycles. The Morgan fingerprint density at radius 3 is 2.48 bits per heavy atom. The molecule has 1 amide bonds. The minimum Gasteiger partial charge on any atom is -0.336 e. The summed E-state index contributed by atoms with van der Waals surface area (Å²) in [5, 5.41) is 3.28. The monoisotopic (exact) mass is 316 g/mol. The fourth-order valence-corrected chi connectivity index (χ4v) is 3.51. The highest BCUT2D eigenvalue weighted by molar-refractivity contribution is 6.01. The van der Waals surface area contributed by atoms with Gasteiger partial charge in [-0.25, -0.2) is 4.39 Å². The lowest BCUT2D eigenvalue weighted by atomic mass is 9.72. The largest absolute Gasteiger partial charge is 0.336 e. The Balaban J connectivity index is 1.96. The molecule has 2 aliphatic rings. The van der Waals surface area contributed by atoms with E-state index in [2.05, 4.69) is 19.2 Å². The van der Waals surface area contributed by atoms with Gasteiger partial charge >= 0.3 is 0 Å². The van der Waals surface area contributed by atoms with E-state index in [1.54, 1.807) is 12.1 Å².